The van der Waals surface area contributed by atoms with E-state index < -0.39 is 12.4 Å². The Kier molecular flexibility index (Phi) is 6.96. The third-order valence-electron chi connectivity index (χ3n) is 5.33. The summed E-state index contributed by atoms with van der Waals surface area (Å²) in [6.07, 6.45) is -2.53. The van der Waals surface area contributed by atoms with Crippen molar-refractivity contribution in [2.75, 3.05) is 26.0 Å². The van der Waals surface area contributed by atoms with Crippen molar-refractivity contribution in [3.05, 3.63) is 48.0 Å². The minimum Gasteiger partial charge on any atom is -0.405 e. The number of carbonyl (C=O) groups excluding carboxylic acids is 2. The number of ether oxygens (including phenoxy) is 1. The highest BCUT2D eigenvalue weighted by atomic mass is 19.4. The van der Waals surface area contributed by atoms with Crippen LogP contribution in [0.5, 0.6) is 5.75 Å². The Hall–Kier alpha value is -3.23. The standard InChI is InChI=1S/C23H26F3N3O3/c1-15-14-16(27-21(30)19-9-6-7-13-29(19)22(31)28(2)3)11-12-17(15)18-8-4-5-10-20(18)32-23(24,25)26/h4-5,8,10-12,14,19H,6-7,9,13H2,1-3H3,(H,27,30). The third kappa shape index (κ3) is 5.52. The summed E-state index contributed by atoms with van der Waals surface area (Å²) in [4.78, 5) is 28.4. The second kappa shape index (κ2) is 9.50. The monoisotopic (exact) mass is 449 g/mol. The molecular formula is C23H26F3N3O3. The van der Waals surface area contributed by atoms with E-state index in [1.165, 1.54) is 17.0 Å². The van der Waals surface area contributed by atoms with Gasteiger partial charge in [0.2, 0.25) is 5.91 Å². The highest BCUT2D eigenvalue weighted by molar-refractivity contribution is 5.97. The van der Waals surface area contributed by atoms with E-state index in [9.17, 15) is 22.8 Å². The smallest absolute Gasteiger partial charge is 0.405 e. The number of halogens is 3. The van der Waals surface area contributed by atoms with Crippen LogP contribution in [0.15, 0.2) is 42.5 Å². The lowest BCUT2D eigenvalue weighted by Gasteiger charge is -2.36. The average molecular weight is 449 g/mol. The summed E-state index contributed by atoms with van der Waals surface area (Å²) in [5.74, 6) is -0.576. The minimum absolute atomic E-state index is 0.211. The molecule has 0 aromatic heterocycles. The van der Waals surface area contributed by atoms with Crippen molar-refractivity contribution in [2.24, 2.45) is 0 Å². The molecule has 0 saturated carbocycles. The molecule has 1 fully saturated rings. The summed E-state index contributed by atoms with van der Waals surface area (Å²) >= 11 is 0. The zero-order valence-corrected chi connectivity index (χ0v) is 18.2. The van der Waals surface area contributed by atoms with Gasteiger partial charge in [-0.25, -0.2) is 4.79 Å². The summed E-state index contributed by atoms with van der Waals surface area (Å²) in [5.41, 5.74) is 2.04. The topological polar surface area (TPSA) is 61.9 Å². The van der Waals surface area contributed by atoms with E-state index in [0.29, 0.717) is 35.3 Å². The van der Waals surface area contributed by atoms with Gasteiger partial charge in [-0.3, -0.25) is 4.79 Å². The van der Waals surface area contributed by atoms with Crippen LogP contribution >= 0.6 is 0 Å². The molecule has 0 radical (unpaired) electrons. The number of hydrogen-bond acceptors (Lipinski definition) is 3. The number of rotatable bonds is 4. The fourth-order valence-electron chi connectivity index (χ4n) is 3.86. The molecule has 1 aliphatic heterocycles. The van der Waals surface area contributed by atoms with Crippen molar-refractivity contribution in [1.29, 1.82) is 0 Å². The van der Waals surface area contributed by atoms with Crippen molar-refractivity contribution in [2.45, 2.75) is 38.6 Å². The van der Waals surface area contributed by atoms with Gasteiger partial charge in [0.25, 0.3) is 0 Å². The molecule has 3 amide bonds. The molecule has 0 aliphatic carbocycles. The van der Waals surface area contributed by atoms with Crippen molar-refractivity contribution in [3.8, 4) is 16.9 Å². The molecule has 0 spiro atoms. The van der Waals surface area contributed by atoms with Gasteiger partial charge in [0.05, 0.1) is 0 Å². The Morgan fingerprint density at radius 2 is 1.81 bits per heavy atom. The Morgan fingerprint density at radius 3 is 2.47 bits per heavy atom. The zero-order chi connectivity index (χ0) is 23.5. The predicted molar refractivity (Wildman–Crippen MR) is 115 cm³/mol. The summed E-state index contributed by atoms with van der Waals surface area (Å²) < 4.78 is 42.4. The van der Waals surface area contributed by atoms with E-state index in [1.807, 2.05) is 0 Å². The van der Waals surface area contributed by atoms with Gasteiger partial charge in [0, 0.05) is 31.9 Å². The average Bonchev–Trinajstić information content (AvgIpc) is 2.73. The normalized spacial score (nSPS) is 16.4. The highest BCUT2D eigenvalue weighted by Crippen LogP contribution is 2.36. The van der Waals surface area contributed by atoms with Crippen molar-refractivity contribution < 1.29 is 27.5 Å². The van der Waals surface area contributed by atoms with Crippen LogP contribution < -0.4 is 10.1 Å². The number of aryl methyl sites for hydroxylation is 1. The molecule has 3 rings (SSSR count). The van der Waals surface area contributed by atoms with Gasteiger partial charge in [-0.05, 0) is 55.5 Å². The van der Waals surface area contributed by atoms with Gasteiger partial charge in [0.1, 0.15) is 11.8 Å². The zero-order valence-electron chi connectivity index (χ0n) is 18.2. The fraction of sp³-hybridized carbons (Fsp3) is 0.391. The number of urea groups is 1. The Bertz CT molecular complexity index is 992. The first-order valence-corrected chi connectivity index (χ1v) is 10.3. The molecule has 32 heavy (non-hydrogen) atoms. The second-order valence-electron chi connectivity index (χ2n) is 7.94. The quantitative estimate of drug-likeness (QED) is 0.712. The Labute approximate surface area is 184 Å². The van der Waals surface area contributed by atoms with Crippen LogP contribution in [0.1, 0.15) is 24.8 Å². The number of amides is 3. The first-order chi connectivity index (χ1) is 15.1. The summed E-state index contributed by atoms with van der Waals surface area (Å²) in [6, 6.07) is 10.1. The predicted octanol–water partition coefficient (Wildman–Crippen LogP) is 5.04. The summed E-state index contributed by atoms with van der Waals surface area (Å²) in [5, 5.41) is 2.85. The van der Waals surface area contributed by atoms with Crippen LogP contribution in [0.3, 0.4) is 0 Å². The highest BCUT2D eigenvalue weighted by Gasteiger charge is 2.34. The van der Waals surface area contributed by atoms with Gasteiger partial charge >= 0.3 is 12.4 Å². The number of alkyl halides is 3. The van der Waals surface area contributed by atoms with E-state index in [1.54, 1.807) is 56.3 Å². The number of hydrogen-bond donors (Lipinski definition) is 1. The molecule has 2 aromatic rings. The molecule has 1 aliphatic rings. The van der Waals surface area contributed by atoms with E-state index >= 15 is 0 Å². The second-order valence-corrected chi connectivity index (χ2v) is 7.94. The van der Waals surface area contributed by atoms with Crippen LogP contribution in [-0.4, -0.2) is 54.8 Å². The number of nitrogens with one attached hydrogen (secondary N) is 1. The van der Waals surface area contributed by atoms with Crippen LogP contribution in [0.4, 0.5) is 23.7 Å². The molecule has 1 N–H and O–H groups in total. The SMILES string of the molecule is Cc1cc(NC(=O)C2CCCCN2C(=O)N(C)C)ccc1-c1ccccc1OC(F)(F)F. The number of nitrogens with zero attached hydrogens (tertiary/aromatic N) is 2. The first-order valence-electron chi connectivity index (χ1n) is 10.3. The molecule has 6 nitrogen and oxygen atoms in total. The maximum absolute atomic E-state index is 12.9. The van der Waals surface area contributed by atoms with E-state index in [4.69, 9.17) is 0 Å². The molecule has 1 unspecified atom stereocenters. The van der Waals surface area contributed by atoms with Crippen molar-refractivity contribution >= 4 is 17.6 Å². The minimum atomic E-state index is -4.80. The lowest BCUT2D eigenvalue weighted by Crippen LogP contribution is -2.53. The molecule has 1 atom stereocenters. The van der Waals surface area contributed by atoms with Crippen molar-refractivity contribution in [1.82, 2.24) is 9.80 Å². The number of benzene rings is 2. The number of carbonyl (C=O) groups is 2. The van der Waals surface area contributed by atoms with Crippen LogP contribution in [-0.2, 0) is 4.79 Å². The van der Waals surface area contributed by atoms with Gasteiger partial charge in [-0.2, -0.15) is 0 Å². The van der Waals surface area contributed by atoms with Crippen LogP contribution in [0, 0.1) is 6.92 Å². The molecule has 2 aromatic carbocycles. The van der Waals surface area contributed by atoms with Crippen molar-refractivity contribution in [3.63, 3.8) is 0 Å². The summed E-state index contributed by atoms with van der Waals surface area (Å²) in [6.45, 7) is 2.26. The number of anilines is 1. The largest absolute Gasteiger partial charge is 0.573 e. The Morgan fingerprint density at radius 1 is 1.09 bits per heavy atom. The van der Waals surface area contributed by atoms with E-state index in [0.717, 1.165) is 12.8 Å². The first kappa shape index (κ1) is 23.4. The van der Waals surface area contributed by atoms with Crippen LogP contribution in [0.2, 0.25) is 0 Å². The lowest BCUT2D eigenvalue weighted by atomic mass is 9.98. The summed E-state index contributed by atoms with van der Waals surface area (Å²) in [7, 11) is 3.29. The molecule has 0 bridgehead atoms. The number of likely N-dealkylation sites (tertiary alicyclic amines) is 1. The number of piperidine rings is 1. The van der Waals surface area contributed by atoms with Gasteiger partial charge in [0.15, 0.2) is 0 Å². The maximum atomic E-state index is 12.9. The lowest BCUT2D eigenvalue weighted by molar-refractivity contribution is -0.274. The molecular weight excluding hydrogens is 423 g/mol. The molecule has 9 heteroatoms. The molecule has 1 heterocycles. The van der Waals surface area contributed by atoms with Gasteiger partial charge < -0.3 is 19.9 Å². The Balaban J connectivity index is 1.80. The molecule has 172 valence electrons. The third-order valence-corrected chi connectivity index (χ3v) is 5.33. The maximum Gasteiger partial charge on any atom is 0.573 e. The fourth-order valence-corrected chi connectivity index (χ4v) is 3.86. The van der Waals surface area contributed by atoms with E-state index in [2.05, 4.69) is 10.1 Å². The van der Waals surface area contributed by atoms with Crippen LogP contribution in [0.25, 0.3) is 11.1 Å². The van der Waals surface area contributed by atoms with Gasteiger partial charge in [-0.1, -0.05) is 24.3 Å². The van der Waals surface area contributed by atoms with E-state index in [-0.39, 0.29) is 17.7 Å². The number of para-hydroxylation sites is 1. The van der Waals surface area contributed by atoms with Gasteiger partial charge in [-0.15, -0.1) is 13.2 Å². The molecule has 1 saturated heterocycles.